The fourth-order valence-electron chi connectivity index (χ4n) is 3.65. The normalized spacial score (nSPS) is 14.2. The Morgan fingerprint density at radius 3 is 2.93 bits per heavy atom. The van der Waals surface area contributed by atoms with Gasteiger partial charge >= 0.3 is 0 Å². The number of benzene rings is 1. The number of H-pyrrole nitrogens is 2. The van der Waals surface area contributed by atoms with Crippen LogP contribution in [0.4, 0.5) is 5.69 Å². The Balaban J connectivity index is 1.39. The van der Waals surface area contributed by atoms with Crippen molar-refractivity contribution in [1.29, 1.82) is 0 Å². The molecule has 1 amide bonds. The van der Waals surface area contributed by atoms with E-state index in [0.29, 0.717) is 11.3 Å². The van der Waals surface area contributed by atoms with E-state index in [4.69, 9.17) is 0 Å². The zero-order chi connectivity index (χ0) is 19.1. The minimum Gasteiger partial charge on any atom is -0.335 e. The van der Waals surface area contributed by atoms with E-state index in [2.05, 4.69) is 49.6 Å². The van der Waals surface area contributed by atoms with E-state index in [0.717, 1.165) is 42.0 Å². The summed E-state index contributed by atoms with van der Waals surface area (Å²) in [5.41, 5.74) is 6.21. The number of hydrogen-bond acceptors (Lipinski definition) is 4. The van der Waals surface area contributed by atoms with Crippen molar-refractivity contribution < 1.29 is 4.79 Å². The first-order chi connectivity index (χ1) is 13.7. The highest BCUT2D eigenvalue weighted by Gasteiger charge is 2.15. The first kappa shape index (κ1) is 16.7. The van der Waals surface area contributed by atoms with Gasteiger partial charge in [0.2, 0.25) is 0 Å². The van der Waals surface area contributed by atoms with E-state index >= 15 is 0 Å². The molecule has 0 atom stereocenters. The largest absolute Gasteiger partial charge is 0.335 e. The van der Waals surface area contributed by atoms with Crippen LogP contribution >= 0.6 is 0 Å². The highest BCUT2D eigenvalue weighted by atomic mass is 16.1. The molecule has 0 aliphatic carbocycles. The van der Waals surface area contributed by atoms with Crippen LogP contribution < -0.4 is 5.32 Å². The highest BCUT2D eigenvalue weighted by molar-refractivity contribution is 6.05. The van der Waals surface area contributed by atoms with Crippen LogP contribution in [0.5, 0.6) is 0 Å². The number of amides is 1. The number of pyridine rings is 1. The summed E-state index contributed by atoms with van der Waals surface area (Å²) in [5.74, 6) is -0.176. The highest BCUT2D eigenvalue weighted by Crippen LogP contribution is 2.23. The van der Waals surface area contributed by atoms with E-state index in [1.54, 1.807) is 6.20 Å². The Morgan fingerprint density at radius 1 is 1.14 bits per heavy atom. The van der Waals surface area contributed by atoms with E-state index < -0.39 is 0 Å². The summed E-state index contributed by atoms with van der Waals surface area (Å²) in [6.45, 7) is 1.98. The number of carbonyl (C=O) groups is 1. The number of anilines is 1. The molecule has 1 aromatic carbocycles. The molecule has 0 saturated carbocycles. The molecule has 1 aliphatic rings. The summed E-state index contributed by atoms with van der Waals surface area (Å²) in [5, 5.41) is 10.7. The van der Waals surface area contributed by atoms with Crippen molar-refractivity contribution in [3.63, 3.8) is 0 Å². The average Bonchev–Trinajstić information content (AvgIpc) is 3.37. The third-order valence-electron chi connectivity index (χ3n) is 5.17. The number of nitrogens with zero attached hydrogens (tertiary/aromatic N) is 3. The lowest BCUT2D eigenvalue weighted by atomic mass is 9.99. The maximum absolute atomic E-state index is 12.7. The monoisotopic (exact) mass is 372 g/mol. The van der Waals surface area contributed by atoms with Crippen molar-refractivity contribution in [3.05, 3.63) is 65.5 Å². The quantitative estimate of drug-likeness (QED) is 0.515. The number of nitrogens with one attached hydrogen (secondary N) is 3. The van der Waals surface area contributed by atoms with Crippen molar-refractivity contribution in [1.82, 2.24) is 25.1 Å². The Kier molecular flexibility index (Phi) is 3.95. The van der Waals surface area contributed by atoms with Crippen LogP contribution in [0.2, 0.25) is 0 Å². The molecule has 140 valence electrons. The maximum atomic E-state index is 12.7. The molecular weight excluding hydrogens is 352 g/mol. The number of fused-ring (bicyclic) bond motifs is 2. The minimum atomic E-state index is -0.176. The van der Waals surface area contributed by atoms with Gasteiger partial charge in [0, 0.05) is 30.4 Å². The number of likely N-dealkylation sites (N-methyl/N-ethyl adjacent to an activating group) is 1. The molecular formula is C21H20N6O. The van der Waals surface area contributed by atoms with E-state index in [9.17, 15) is 4.79 Å². The molecule has 0 radical (unpaired) electrons. The van der Waals surface area contributed by atoms with Gasteiger partial charge in [-0.3, -0.25) is 9.89 Å². The third kappa shape index (κ3) is 3.05. The second-order valence-corrected chi connectivity index (χ2v) is 7.21. The predicted molar refractivity (Wildman–Crippen MR) is 108 cm³/mol. The molecule has 0 unspecified atom stereocenters. The first-order valence-corrected chi connectivity index (χ1v) is 9.27. The van der Waals surface area contributed by atoms with Crippen LogP contribution in [0, 0.1) is 0 Å². The van der Waals surface area contributed by atoms with Gasteiger partial charge in [0.25, 0.3) is 5.91 Å². The SMILES string of the molecule is CN1CCc2ccc(NC(=O)c3cc4ccc(-c5ccn[nH]5)nc4[nH]3)cc2C1. The van der Waals surface area contributed by atoms with Gasteiger partial charge in [-0.25, -0.2) is 4.98 Å². The Hall–Kier alpha value is -3.45. The number of carbonyl (C=O) groups excluding carboxylic acids is 1. The standard InChI is InChI=1S/C21H20N6O/c1-27-9-7-13-2-4-16(10-15(13)12-27)23-21(28)19-11-14-3-5-17(24-20(14)25-19)18-6-8-22-26-18/h2-6,8,10-11H,7,9,12H2,1H3,(H,22,26)(H,23,28)(H,24,25). The predicted octanol–water partition coefficient (Wildman–Crippen LogP) is 3.19. The smallest absolute Gasteiger partial charge is 0.272 e. The van der Waals surface area contributed by atoms with Crippen molar-refractivity contribution in [2.24, 2.45) is 0 Å². The Morgan fingerprint density at radius 2 is 2.07 bits per heavy atom. The minimum absolute atomic E-state index is 0.176. The maximum Gasteiger partial charge on any atom is 0.272 e. The van der Waals surface area contributed by atoms with Gasteiger partial charge in [0.15, 0.2) is 0 Å². The summed E-state index contributed by atoms with van der Waals surface area (Å²) in [6.07, 6.45) is 2.73. The van der Waals surface area contributed by atoms with Gasteiger partial charge in [0.1, 0.15) is 11.3 Å². The van der Waals surface area contributed by atoms with Crippen LogP contribution in [0.3, 0.4) is 0 Å². The van der Waals surface area contributed by atoms with Crippen molar-refractivity contribution in [2.45, 2.75) is 13.0 Å². The molecule has 4 aromatic rings. The fraction of sp³-hybridized carbons (Fsp3) is 0.190. The molecule has 5 rings (SSSR count). The lowest BCUT2D eigenvalue weighted by Crippen LogP contribution is -2.26. The number of aromatic amines is 2. The molecule has 1 aliphatic heterocycles. The van der Waals surface area contributed by atoms with Crippen molar-refractivity contribution in [2.75, 3.05) is 18.9 Å². The average molecular weight is 372 g/mol. The molecule has 4 heterocycles. The zero-order valence-corrected chi connectivity index (χ0v) is 15.5. The molecule has 0 bridgehead atoms. The molecule has 0 fully saturated rings. The van der Waals surface area contributed by atoms with Gasteiger partial charge < -0.3 is 15.2 Å². The summed E-state index contributed by atoms with van der Waals surface area (Å²) in [6, 6.07) is 13.7. The van der Waals surface area contributed by atoms with Gasteiger partial charge in [-0.2, -0.15) is 5.10 Å². The Bertz CT molecular complexity index is 1160. The van der Waals surface area contributed by atoms with E-state index in [-0.39, 0.29) is 5.91 Å². The van der Waals surface area contributed by atoms with Gasteiger partial charge in [0.05, 0.1) is 11.4 Å². The van der Waals surface area contributed by atoms with Crippen LogP contribution in [0.25, 0.3) is 22.4 Å². The third-order valence-corrected chi connectivity index (χ3v) is 5.17. The van der Waals surface area contributed by atoms with E-state index in [1.165, 1.54) is 11.1 Å². The van der Waals surface area contributed by atoms with Gasteiger partial charge in [-0.05, 0) is 61.0 Å². The van der Waals surface area contributed by atoms with Crippen LogP contribution in [-0.4, -0.2) is 44.6 Å². The van der Waals surface area contributed by atoms with Gasteiger partial charge in [-0.15, -0.1) is 0 Å². The van der Waals surface area contributed by atoms with Crippen molar-refractivity contribution in [3.8, 4) is 11.4 Å². The summed E-state index contributed by atoms with van der Waals surface area (Å²) in [4.78, 5) is 22.7. The van der Waals surface area contributed by atoms with Crippen LogP contribution in [-0.2, 0) is 13.0 Å². The Labute approximate surface area is 161 Å². The summed E-state index contributed by atoms with van der Waals surface area (Å²) < 4.78 is 0. The van der Waals surface area contributed by atoms with Gasteiger partial charge in [-0.1, -0.05) is 6.07 Å². The van der Waals surface area contributed by atoms with E-state index in [1.807, 2.05) is 30.3 Å². The fourth-order valence-corrected chi connectivity index (χ4v) is 3.65. The summed E-state index contributed by atoms with van der Waals surface area (Å²) in [7, 11) is 2.11. The zero-order valence-electron chi connectivity index (χ0n) is 15.5. The second kappa shape index (κ2) is 6.61. The number of hydrogen-bond donors (Lipinski definition) is 3. The van der Waals surface area contributed by atoms with Crippen molar-refractivity contribution >= 4 is 22.6 Å². The molecule has 3 aromatic heterocycles. The van der Waals surface area contributed by atoms with Crippen LogP contribution in [0.1, 0.15) is 21.6 Å². The molecule has 0 spiro atoms. The lowest BCUT2D eigenvalue weighted by molar-refractivity contribution is 0.102. The van der Waals surface area contributed by atoms with Crippen LogP contribution in [0.15, 0.2) is 48.7 Å². The number of aromatic nitrogens is 4. The molecule has 7 nitrogen and oxygen atoms in total. The molecule has 0 saturated heterocycles. The summed E-state index contributed by atoms with van der Waals surface area (Å²) >= 11 is 0. The topological polar surface area (TPSA) is 89.7 Å². The molecule has 7 heteroatoms. The first-order valence-electron chi connectivity index (χ1n) is 9.27. The molecule has 28 heavy (non-hydrogen) atoms. The lowest BCUT2D eigenvalue weighted by Gasteiger charge is -2.25. The second-order valence-electron chi connectivity index (χ2n) is 7.21. The number of rotatable bonds is 3. The molecule has 3 N–H and O–H groups in total.